The number of rotatable bonds is 3. The number of piperidine rings is 1. The fourth-order valence-electron chi connectivity index (χ4n) is 2.12. The highest BCUT2D eigenvalue weighted by Gasteiger charge is 2.42. The standard InChI is InChI=1S/C11H16F3N3O/c1-15-5-9-7-18-10(16-9)17-4-2-3-8(6-17)11(12,13)14/h7-8,15H,2-6H2,1H3. The first kappa shape index (κ1) is 13.2. The fourth-order valence-corrected chi connectivity index (χ4v) is 2.12. The van der Waals surface area contributed by atoms with Gasteiger partial charge in [0.15, 0.2) is 0 Å². The van der Waals surface area contributed by atoms with E-state index >= 15 is 0 Å². The molecule has 0 aromatic carbocycles. The van der Waals surface area contributed by atoms with E-state index in [-0.39, 0.29) is 19.0 Å². The van der Waals surface area contributed by atoms with Crippen molar-refractivity contribution in [2.24, 2.45) is 5.92 Å². The molecule has 2 heterocycles. The fraction of sp³-hybridized carbons (Fsp3) is 0.727. The molecule has 2 rings (SSSR count). The molecule has 1 saturated heterocycles. The molecule has 1 aliphatic rings. The Balaban J connectivity index is 2.03. The number of aromatic nitrogens is 1. The van der Waals surface area contributed by atoms with Crippen LogP contribution in [0, 0.1) is 5.92 Å². The van der Waals surface area contributed by atoms with Crippen LogP contribution in [0.25, 0.3) is 0 Å². The van der Waals surface area contributed by atoms with Crippen LogP contribution >= 0.6 is 0 Å². The summed E-state index contributed by atoms with van der Waals surface area (Å²) in [5.74, 6) is -1.29. The maximum absolute atomic E-state index is 12.7. The number of oxazole rings is 1. The first-order valence-electron chi connectivity index (χ1n) is 5.91. The van der Waals surface area contributed by atoms with Gasteiger partial charge in [-0.3, -0.25) is 0 Å². The Hall–Kier alpha value is -1.24. The van der Waals surface area contributed by atoms with Gasteiger partial charge in [-0.1, -0.05) is 0 Å². The van der Waals surface area contributed by atoms with Gasteiger partial charge in [0.05, 0.1) is 11.6 Å². The molecule has 1 aliphatic heterocycles. The van der Waals surface area contributed by atoms with Crippen LogP contribution in [0.2, 0.25) is 0 Å². The van der Waals surface area contributed by atoms with Crippen molar-refractivity contribution in [3.63, 3.8) is 0 Å². The summed E-state index contributed by atoms with van der Waals surface area (Å²) in [5, 5.41) is 2.91. The molecule has 1 aromatic rings. The lowest BCUT2D eigenvalue weighted by molar-refractivity contribution is -0.176. The van der Waals surface area contributed by atoms with Gasteiger partial charge in [-0.15, -0.1) is 0 Å². The van der Waals surface area contributed by atoms with Crippen LogP contribution < -0.4 is 10.2 Å². The van der Waals surface area contributed by atoms with Crippen molar-refractivity contribution >= 4 is 6.01 Å². The van der Waals surface area contributed by atoms with Gasteiger partial charge in [0.25, 0.3) is 6.01 Å². The maximum atomic E-state index is 12.7. The minimum absolute atomic E-state index is 0.0665. The van der Waals surface area contributed by atoms with Gasteiger partial charge in [0, 0.05) is 19.6 Å². The highest BCUT2D eigenvalue weighted by molar-refractivity contribution is 5.28. The van der Waals surface area contributed by atoms with Crippen molar-refractivity contribution in [2.75, 3.05) is 25.0 Å². The molecule has 18 heavy (non-hydrogen) atoms. The van der Waals surface area contributed by atoms with Gasteiger partial charge in [-0.25, -0.2) is 0 Å². The van der Waals surface area contributed by atoms with Crippen LogP contribution in [0.5, 0.6) is 0 Å². The van der Waals surface area contributed by atoms with Crippen LogP contribution in [0.4, 0.5) is 19.2 Å². The SMILES string of the molecule is CNCc1coc(N2CCCC(C(F)(F)F)C2)n1. The number of hydrogen-bond donors (Lipinski definition) is 1. The molecule has 7 heteroatoms. The number of hydrogen-bond acceptors (Lipinski definition) is 4. The van der Waals surface area contributed by atoms with Gasteiger partial charge >= 0.3 is 6.18 Å². The summed E-state index contributed by atoms with van der Waals surface area (Å²) >= 11 is 0. The van der Waals surface area contributed by atoms with E-state index in [9.17, 15) is 13.2 Å². The molecule has 0 aliphatic carbocycles. The predicted octanol–water partition coefficient (Wildman–Crippen LogP) is 2.17. The second-order valence-electron chi connectivity index (χ2n) is 4.48. The number of nitrogens with zero attached hydrogens (tertiary/aromatic N) is 2. The average Bonchev–Trinajstić information content (AvgIpc) is 2.77. The minimum atomic E-state index is -4.14. The highest BCUT2D eigenvalue weighted by atomic mass is 19.4. The molecular weight excluding hydrogens is 247 g/mol. The molecule has 102 valence electrons. The monoisotopic (exact) mass is 263 g/mol. The summed E-state index contributed by atoms with van der Waals surface area (Å²) in [5.41, 5.74) is 0.696. The summed E-state index contributed by atoms with van der Waals surface area (Å²) < 4.78 is 43.2. The van der Waals surface area contributed by atoms with E-state index in [2.05, 4.69) is 10.3 Å². The molecule has 0 saturated carbocycles. The summed E-state index contributed by atoms with van der Waals surface area (Å²) in [4.78, 5) is 5.74. The number of alkyl halides is 3. The van der Waals surface area contributed by atoms with Crippen LogP contribution in [-0.2, 0) is 6.54 Å². The quantitative estimate of drug-likeness (QED) is 0.907. The van der Waals surface area contributed by atoms with Crippen molar-refractivity contribution in [1.82, 2.24) is 10.3 Å². The van der Waals surface area contributed by atoms with Gasteiger partial charge in [-0.05, 0) is 19.9 Å². The Morgan fingerprint density at radius 2 is 2.33 bits per heavy atom. The van der Waals surface area contributed by atoms with Gasteiger partial charge in [-0.2, -0.15) is 18.2 Å². The van der Waals surface area contributed by atoms with E-state index in [4.69, 9.17) is 4.42 Å². The zero-order valence-corrected chi connectivity index (χ0v) is 10.1. The number of nitrogens with one attached hydrogen (secondary N) is 1. The molecule has 0 amide bonds. The average molecular weight is 263 g/mol. The third kappa shape index (κ3) is 2.95. The summed E-state index contributed by atoms with van der Waals surface area (Å²) in [6, 6.07) is 0.286. The largest absolute Gasteiger partial charge is 0.432 e. The second-order valence-corrected chi connectivity index (χ2v) is 4.48. The normalized spacial score (nSPS) is 21.3. The Bertz CT molecular complexity index is 391. The van der Waals surface area contributed by atoms with Crippen molar-refractivity contribution in [3.8, 4) is 0 Å². The highest BCUT2D eigenvalue weighted by Crippen LogP contribution is 2.34. The van der Waals surface area contributed by atoms with Crippen molar-refractivity contribution in [2.45, 2.75) is 25.6 Å². The van der Waals surface area contributed by atoms with Crippen LogP contribution in [0.1, 0.15) is 18.5 Å². The second kappa shape index (κ2) is 5.17. The van der Waals surface area contributed by atoms with E-state index in [1.54, 1.807) is 11.9 Å². The van der Waals surface area contributed by atoms with Crippen LogP contribution in [0.15, 0.2) is 10.7 Å². The van der Waals surface area contributed by atoms with Crippen LogP contribution in [0.3, 0.4) is 0 Å². The molecular formula is C11H16F3N3O. The van der Waals surface area contributed by atoms with Crippen molar-refractivity contribution in [1.29, 1.82) is 0 Å². The Morgan fingerprint density at radius 3 is 3.00 bits per heavy atom. The molecule has 4 nitrogen and oxygen atoms in total. The minimum Gasteiger partial charge on any atom is -0.432 e. The third-order valence-corrected chi connectivity index (χ3v) is 3.05. The molecule has 1 N–H and O–H groups in total. The predicted molar refractivity (Wildman–Crippen MR) is 60.3 cm³/mol. The van der Waals surface area contributed by atoms with Gasteiger partial charge in [0.2, 0.25) is 0 Å². The van der Waals surface area contributed by atoms with E-state index in [0.29, 0.717) is 25.2 Å². The topological polar surface area (TPSA) is 41.3 Å². The molecule has 0 bridgehead atoms. The first-order valence-corrected chi connectivity index (χ1v) is 5.91. The van der Waals surface area contributed by atoms with Gasteiger partial charge in [0.1, 0.15) is 6.26 Å². The first-order chi connectivity index (χ1) is 8.50. The zero-order valence-electron chi connectivity index (χ0n) is 10.1. The zero-order chi connectivity index (χ0) is 13.2. The molecule has 0 radical (unpaired) electrons. The smallest absolute Gasteiger partial charge is 0.393 e. The van der Waals surface area contributed by atoms with E-state index in [1.165, 1.54) is 6.26 Å². The van der Waals surface area contributed by atoms with Gasteiger partial charge < -0.3 is 14.6 Å². The summed E-state index contributed by atoms with van der Waals surface area (Å²) in [7, 11) is 1.77. The molecule has 1 unspecified atom stereocenters. The third-order valence-electron chi connectivity index (χ3n) is 3.05. The lowest BCUT2D eigenvalue weighted by Gasteiger charge is -2.32. The van der Waals surface area contributed by atoms with Crippen molar-refractivity contribution in [3.05, 3.63) is 12.0 Å². The van der Waals surface area contributed by atoms with Crippen molar-refractivity contribution < 1.29 is 17.6 Å². The summed E-state index contributed by atoms with van der Waals surface area (Å²) in [6.07, 6.45) is -1.97. The summed E-state index contributed by atoms with van der Waals surface area (Å²) in [6.45, 7) is 1.04. The molecule has 0 spiro atoms. The molecule has 1 fully saturated rings. The maximum Gasteiger partial charge on any atom is 0.393 e. The van der Waals surface area contributed by atoms with E-state index in [1.807, 2.05) is 0 Å². The Kier molecular flexibility index (Phi) is 3.79. The van der Waals surface area contributed by atoms with E-state index < -0.39 is 12.1 Å². The Labute approximate surface area is 103 Å². The number of halogens is 3. The number of anilines is 1. The Morgan fingerprint density at radius 1 is 1.56 bits per heavy atom. The lowest BCUT2D eigenvalue weighted by Crippen LogP contribution is -2.41. The van der Waals surface area contributed by atoms with E-state index in [0.717, 1.165) is 0 Å². The molecule has 1 atom stereocenters. The lowest BCUT2D eigenvalue weighted by atomic mass is 9.98. The molecule has 1 aromatic heterocycles. The van der Waals surface area contributed by atoms with Crippen LogP contribution in [-0.4, -0.2) is 31.3 Å².